The van der Waals surface area contributed by atoms with Crippen molar-refractivity contribution in [2.75, 3.05) is 12.5 Å². The summed E-state index contributed by atoms with van der Waals surface area (Å²) in [5.74, 6) is 7.73. The Morgan fingerprint density at radius 1 is 1.17 bits per heavy atom. The molecule has 0 amide bonds. The molecule has 0 radical (unpaired) electrons. The van der Waals surface area contributed by atoms with E-state index in [1.165, 1.54) is 5.56 Å². The first kappa shape index (κ1) is 16.7. The molecule has 2 heterocycles. The van der Waals surface area contributed by atoms with Crippen LogP contribution in [0.25, 0.3) is 11.2 Å². The summed E-state index contributed by atoms with van der Waals surface area (Å²) in [6.07, 6.45) is 1.55. The Labute approximate surface area is 148 Å². The van der Waals surface area contributed by atoms with Crippen LogP contribution in [0.15, 0.2) is 29.0 Å². The zero-order valence-corrected chi connectivity index (χ0v) is 15.2. The summed E-state index contributed by atoms with van der Waals surface area (Å²) in [6.45, 7) is 2.80. The first-order valence-corrected chi connectivity index (χ1v) is 8.47. The third kappa shape index (κ3) is 3.20. The number of fused-ring (bicyclic) bond motifs is 1. The van der Waals surface area contributed by atoms with Crippen molar-refractivity contribution in [1.82, 2.24) is 19.5 Å². The molecule has 0 saturated heterocycles. The number of imidazole rings is 1. The van der Waals surface area contributed by atoms with Crippen LogP contribution in [-0.4, -0.2) is 26.6 Å². The van der Waals surface area contributed by atoms with Gasteiger partial charge in [0.15, 0.2) is 21.7 Å². The predicted molar refractivity (Wildman–Crippen MR) is 96.9 cm³/mol. The van der Waals surface area contributed by atoms with Gasteiger partial charge in [-0.2, -0.15) is 0 Å². The Hall–Kier alpha value is -2.19. The molecule has 2 aromatic heterocycles. The van der Waals surface area contributed by atoms with Gasteiger partial charge in [-0.05, 0) is 47.0 Å². The highest BCUT2D eigenvalue weighted by Gasteiger charge is 2.15. The topological polar surface area (TPSA) is 90.9 Å². The van der Waals surface area contributed by atoms with Crippen LogP contribution < -0.4 is 16.0 Å². The number of rotatable bonds is 6. The van der Waals surface area contributed by atoms with E-state index in [9.17, 15) is 0 Å². The number of hydrogen-bond donors (Lipinski definition) is 2. The number of hydrazine groups is 1. The molecule has 0 spiro atoms. The Kier molecular flexibility index (Phi) is 4.96. The molecule has 0 aliphatic carbocycles. The normalized spacial score (nSPS) is 11.0. The van der Waals surface area contributed by atoms with Crippen molar-refractivity contribution in [2.45, 2.75) is 26.3 Å². The van der Waals surface area contributed by atoms with E-state index < -0.39 is 0 Å². The lowest BCUT2D eigenvalue weighted by Crippen LogP contribution is -2.12. The van der Waals surface area contributed by atoms with Gasteiger partial charge in [-0.1, -0.05) is 12.1 Å². The van der Waals surface area contributed by atoms with Crippen molar-refractivity contribution in [3.8, 4) is 5.75 Å². The molecule has 0 aliphatic heterocycles. The van der Waals surface area contributed by atoms with Crippen LogP contribution in [0.5, 0.6) is 5.75 Å². The standard InChI is InChI=1S/C16H19BrN6O/c1-3-23-15-13(21-16(23)17)14(22-18)19-12(20-15)9-6-10-4-7-11(24-2)8-5-10/h4-5,7-8H,3,6,9,18H2,1-2H3,(H,19,20,22). The molecule has 24 heavy (non-hydrogen) atoms. The fourth-order valence-electron chi connectivity index (χ4n) is 2.56. The summed E-state index contributed by atoms with van der Waals surface area (Å²) in [4.78, 5) is 13.6. The van der Waals surface area contributed by atoms with E-state index in [0.717, 1.165) is 34.9 Å². The number of nitrogen functional groups attached to an aromatic ring is 1. The Bertz CT molecular complexity index is 846. The molecular formula is C16H19BrN6O. The minimum atomic E-state index is 0.539. The molecular weight excluding hydrogens is 372 g/mol. The number of aromatic nitrogens is 4. The highest BCUT2D eigenvalue weighted by Crippen LogP contribution is 2.24. The van der Waals surface area contributed by atoms with E-state index in [-0.39, 0.29) is 0 Å². The van der Waals surface area contributed by atoms with Crippen molar-refractivity contribution >= 4 is 32.9 Å². The van der Waals surface area contributed by atoms with Gasteiger partial charge >= 0.3 is 0 Å². The maximum Gasteiger partial charge on any atom is 0.179 e. The average molecular weight is 391 g/mol. The molecule has 0 bridgehead atoms. The SMILES string of the molecule is CCn1c(Br)nc2c(NN)nc(CCc3ccc(OC)cc3)nc21. The van der Waals surface area contributed by atoms with Crippen molar-refractivity contribution < 1.29 is 4.74 Å². The Morgan fingerprint density at radius 3 is 2.54 bits per heavy atom. The summed E-state index contributed by atoms with van der Waals surface area (Å²) >= 11 is 3.45. The molecule has 0 atom stereocenters. The predicted octanol–water partition coefficient (Wildman–Crippen LogP) is 2.69. The van der Waals surface area contributed by atoms with Gasteiger partial charge in [0, 0.05) is 13.0 Å². The van der Waals surface area contributed by atoms with Crippen LogP contribution >= 0.6 is 15.9 Å². The van der Waals surface area contributed by atoms with Crippen LogP contribution in [0.2, 0.25) is 0 Å². The smallest absolute Gasteiger partial charge is 0.179 e. The zero-order valence-electron chi connectivity index (χ0n) is 13.6. The van der Waals surface area contributed by atoms with Gasteiger partial charge in [0.25, 0.3) is 0 Å². The molecule has 3 N–H and O–H groups in total. The number of ether oxygens (including phenoxy) is 1. The van der Waals surface area contributed by atoms with Crippen LogP contribution in [-0.2, 0) is 19.4 Å². The van der Waals surface area contributed by atoms with E-state index >= 15 is 0 Å². The molecule has 0 fully saturated rings. The number of nitrogens with two attached hydrogens (primary N) is 1. The summed E-state index contributed by atoms with van der Waals surface area (Å²) in [6, 6.07) is 8.00. The molecule has 7 nitrogen and oxygen atoms in total. The molecule has 3 aromatic rings. The maximum atomic E-state index is 5.61. The van der Waals surface area contributed by atoms with Gasteiger partial charge in [0.1, 0.15) is 11.6 Å². The first-order valence-electron chi connectivity index (χ1n) is 7.68. The quantitative estimate of drug-likeness (QED) is 0.382. The number of anilines is 1. The zero-order chi connectivity index (χ0) is 17.1. The number of benzene rings is 1. The minimum absolute atomic E-state index is 0.539. The second kappa shape index (κ2) is 7.14. The van der Waals surface area contributed by atoms with E-state index in [1.54, 1.807) is 7.11 Å². The van der Waals surface area contributed by atoms with Crippen LogP contribution in [0.3, 0.4) is 0 Å². The van der Waals surface area contributed by atoms with Gasteiger partial charge in [0.05, 0.1) is 7.11 Å². The highest BCUT2D eigenvalue weighted by molar-refractivity contribution is 9.10. The van der Waals surface area contributed by atoms with Gasteiger partial charge in [-0.15, -0.1) is 0 Å². The van der Waals surface area contributed by atoms with E-state index in [4.69, 9.17) is 10.6 Å². The lowest BCUT2D eigenvalue weighted by Gasteiger charge is -2.07. The van der Waals surface area contributed by atoms with Crippen LogP contribution in [0.1, 0.15) is 18.3 Å². The minimum Gasteiger partial charge on any atom is -0.497 e. The van der Waals surface area contributed by atoms with Gasteiger partial charge < -0.3 is 14.7 Å². The van der Waals surface area contributed by atoms with Crippen LogP contribution in [0, 0.1) is 0 Å². The van der Waals surface area contributed by atoms with Crippen molar-refractivity contribution in [3.05, 3.63) is 40.4 Å². The fraction of sp³-hybridized carbons (Fsp3) is 0.312. The van der Waals surface area contributed by atoms with Crippen molar-refractivity contribution in [3.63, 3.8) is 0 Å². The first-order chi connectivity index (χ1) is 11.7. The molecule has 0 saturated carbocycles. The van der Waals surface area contributed by atoms with Gasteiger partial charge in [-0.25, -0.2) is 20.8 Å². The third-order valence-corrected chi connectivity index (χ3v) is 4.45. The summed E-state index contributed by atoms with van der Waals surface area (Å²) < 4.78 is 7.88. The molecule has 3 rings (SSSR count). The molecule has 1 aromatic carbocycles. The number of nitrogens with zero attached hydrogens (tertiary/aromatic N) is 4. The molecule has 126 valence electrons. The average Bonchev–Trinajstić information content (AvgIpc) is 2.94. The maximum absolute atomic E-state index is 5.61. The fourth-order valence-corrected chi connectivity index (χ4v) is 3.16. The summed E-state index contributed by atoms with van der Waals surface area (Å²) in [5.41, 5.74) is 5.27. The summed E-state index contributed by atoms with van der Waals surface area (Å²) in [5, 5.41) is 0. The lowest BCUT2D eigenvalue weighted by molar-refractivity contribution is 0.414. The number of methoxy groups -OCH3 is 1. The monoisotopic (exact) mass is 390 g/mol. The van der Waals surface area contributed by atoms with E-state index in [0.29, 0.717) is 17.8 Å². The number of aryl methyl sites for hydroxylation is 3. The lowest BCUT2D eigenvalue weighted by atomic mass is 10.1. The van der Waals surface area contributed by atoms with Gasteiger partial charge in [0.2, 0.25) is 0 Å². The number of nitrogens with one attached hydrogen (secondary N) is 1. The second-order valence-electron chi connectivity index (χ2n) is 5.28. The molecule has 8 heteroatoms. The van der Waals surface area contributed by atoms with Gasteiger partial charge in [-0.3, -0.25) is 0 Å². The second-order valence-corrected chi connectivity index (χ2v) is 5.99. The van der Waals surface area contributed by atoms with E-state index in [1.807, 2.05) is 35.8 Å². The summed E-state index contributed by atoms with van der Waals surface area (Å²) in [7, 11) is 1.66. The Balaban J connectivity index is 1.88. The number of halogens is 1. The highest BCUT2D eigenvalue weighted by atomic mass is 79.9. The largest absolute Gasteiger partial charge is 0.497 e. The van der Waals surface area contributed by atoms with Crippen molar-refractivity contribution in [1.29, 1.82) is 0 Å². The van der Waals surface area contributed by atoms with Crippen LogP contribution in [0.4, 0.5) is 5.82 Å². The number of hydrogen-bond acceptors (Lipinski definition) is 6. The molecule has 0 aliphatic rings. The van der Waals surface area contributed by atoms with E-state index in [2.05, 4.69) is 36.3 Å². The third-order valence-electron chi connectivity index (χ3n) is 3.84. The molecule has 0 unspecified atom stereocenters. The van der Waals surface area contributed by atoms with Crippen molar-refractivity contribution in [2.24, 2.45) is 5.84 Å². The Morgan fingerprint density at radius 2 is 1.92 bits per heavy atom.